The number of likely N-dealkylation sites (tertiary alicyclic amines) is 1. The number of nitrogens with zero attached hydrogens (tertiary/aromatic N) is 2. The summed E-state index contributed by atoms with van der Waals surface area (Å²) in [6.45, 7) is 4.08. The number of anilines is 2. The normalized spacial score (nSPS) is 18.9. The summed E-state index contributed by atoms with van der Waals surface area (Å²) in [6, 6.07) is 8.24. The van der Waals surface area contributed by atoms with Crippen molar-refractivity contribution in [3.8, 4) is 0 Å². The zero-order valence-electron chi connectivity index (χ0n) is 11.3. The first-order valence-electron chi connectivity index (χ1n) is 7.24. The number of rotatable bonds is 2. The van der Waals surface area contributed by atoms with Gasteiger partial charge in [0, 0.05) is 37.6 Å². The molecular formula is C15H21N3O. The Kier molecular flexibility index (Phi) is 3.58. The summed E-state index contributed by atoms with van der Waals surface area (Å²) >= 11 is 0. The van der Waals surface area contributed by atoms with Crippen LogP contribution in [0.3, 0.4) is 0 Å². The van der Waals surface area contributed by atoms with Crippen LogP contribution < -0.4 is 10.2 Å². The molecule has 2 aliphatic rings. The molecule has 0 saturated carbocycles. The van der Waals surface area contributed by atoms with Crippen molar-refractivity contribution < 1.29 is 4.79 Å². The van der Waals surface area contributed by atoms with Gasteiger partial charge in [-0.2, -0.15) is 0 Å². The summed E-state index contributed by atoms with van der Waals surface area (Å²) in [5.41, 5.74) is 2.15. The molecule has 0 bridgehead atoms. The fourth-order valence-corrected chi connectivity index (χ4v) is 2.85. The lowest BCUT2D eigenvalue weighted by molar-refractivity contribution is 0.222. The lowest BCUT2D eigenvalue weighted by atomic mass is 10.2. The van der Waals surface area contributed by atoms with Crippen LogP contribution in [0.1, 0.15) is 25.7 Å². The molecule has 3 rings (SSSR count). The standard InChI is InChI=1S/C15H21N3O/c19-15(18-11-3-4-12-18)16-13-5-7-14(8-6-13)17-9-1-2-10-17/h5-8H,1-4,9-12H2,(H,16,19). The Balaban J connectivity index is 1.60. The summed E-state index contributed by atoms with van der Waals surface area (Å²) in [5, 5.41) is 2.97. The molecule has 4 nitrogen and oxygen atoms in total. The molecule has 1 N–H and O–H groups in total. The largest absolute Gasteiger partial charge is 0.372 e. The van der Waals surface area contributed by atoms with E-state index in [9.17, 15) is 4.79 Å². The molecule has 1 aromatic carbocycles. The third kappa shape index (κ3) is 2.83. The van der Waals surface area contributed by atoms with Gasteiger partial charge in [-0.15, -0.1) is 0 Å². The van der Waals surface area contributed by atoms with Crippen LogP contribution in [-0.2, 0) is 0 Å². The molecule has 2 fully saturated rings. The molecule has 102 valence electrons. The maximum atomic E-state index is 12.0. The van der Waals surface area contributed by atoms with Gasteiger partial charge in [0.25, 0.3) is 0 Å². The number of hydrogen-bond donors (Lipinski definition) is 1. The number of urea groups is 1. The van der Waals surface area contributed by atoms with Crippen LogP contribution in [0, 0.1) is 0 Å². The molecule has 0 spiro atoms. The summed E-state index contributed by atoms with van der Waals surface area (Å²) in [4.78, 5) is 16.2. The summed E-state index contributed by atoms with van der Waals surface area (Å²) in [6.07, 6.45) is 4.82. The average Bonchev–Trinajstić information content (AvgIpc) is 3.13. The second-order valence-corrected chi connectivity index (χ2v) is 5.37. The number of carbonyl (C=O) groups is 1. The summed E-state index contributed by atoms with van der Waals surface area (Å²) in [5.74, 6) is 0. The van der Waals surface area contributed by atoms with E-state index in [0.717, 1.165) is 44.7 Å². The first kappa shape index (κ1) is 12.3. The Morgan fingerprint density at radius 2 is 1.47 bits per heavy atom. The molecule has 2 aliphatic heterocycles. The van der Waals surface area contributed by atoms with Crippen molar-refractivity contribution in [2.24, 2.45) is 0 Å². The molecule has 0 aromatic heterocycles. The van der Waals surface area contributed by atoms with E-state index in [-0.39, 0.29) is 6.03 Å². The molecule has 0 atom stereocenters. The van der Waals surface area contributed by atoms with Gasteiger partial charge in [0.1, 0.15) is 0 Å². The Labute approximate surface area is 114 Å². The van der Waals surface area contributed by atoms with E-state index < -0.39 is 0 Å². The van der Waals surface area contributed by atoms with Crippen LogP contribution in [0.4, 0.5) is 16.2 Å². The quantitative estimate of drug-likeness (QED) is 0.886. The lowest BCUT2D eigenvalue weighted by Gasteiger charge is -2.19. The average molecular weight is 259 g/mol. The molecule has 2 heterocycles. The zero-order valence-corrected chi connectivity index (χ0v) is 11.3. The van der Waals surface area contributed by atoms with Crippen LogP contribution in [0.15, 0.2) is 24.3 Å². The maximum Gasteiger partial charge on any atom is 0.321 e. The van der Waals surface area contributed by atoms with Gasteiger partial charge in [0.15, 0.2) is 0 Å². The van der Waals surface area contributed by atoms with Gasteiger partial charge in [-0.05, 0) is 49.9 Å². The second-order valence-electron chi connectivity index (χ2n) is 5.37. The molecule has 19 heavy (non-hydrogen) atoms. The predicted molar refractivity (Wildman–Crippen MR) is 77.7 cm³/mol. The highest BCUT2D eigenvalue weighted by Gasteiger charge is 2.18. The number of amides is 2. The minimum atomic E-state index is 0.0337. The van der Waals surface area contributed by atoms with Crippen molar-refractivity contribution in [3.05, 3.63) is 24.3 Å². The van der Waals surface area contributed by atoms with Gasteiger partial charge >= 0.3 is 6.03 Å². The van der Waals surface area contributed by atoms with Crippen LogP contribution in [-0.4, -0.2) is 37.1 Å². The SMILES string of the molecule is O=C(Nc1ccc(N2CCCC2)cc1)N1CCCC1. The smallest absolute Gasteiger partial charge is 0.321 e. The molecule has 0 unspecified atom stereocenters. The first-order valence-corrected chi connectivity index (χ1v) is 7.24. The Hall–Kier alpha value is -1.71. The third-order valence-corrected chi connectivity index (χ3v) is 3.98. The van der Waals surface area contributed by atoms with Crippen molar-refractivity contribution in [1.82, 2.24) is 4.90 Å². The van der Waals surface area contributed by atoms with Crippen molar-refractivity contribution in [1.29, 1.82) is 0 Å². The highest BCUT2D eigenvalue weighted by atomic mass is 16.2. The number of carbonyl (C=O) groups excluding carboxylic acids is 1. The summed E-state index contributed by atoms with van der Waals surface area (Å²) in [7, 11) is 0. The Morgan fingerprint density at radius 3 is 2.11 bits per heavy atom. The lowest BCUT2D eigenvalue weighted by Crippen LogP contribution is -2.32. The van der Waals surface area contributed by atoms with Gasteiger partial charge in [-0.1, -0.05) is 0 Å². The predicted octanol–water partition coefficient (Wildman–Crippen LogP) is 2.91. The van der Waals surface area contributed by atoms with E-state index in [1.807, 2.05) is 17.0 Å². The van der Waals surface area contributed by atoms with Crippen LogP contribution >= 0.6 is 0 Å². The Morgan fingerprint density at radius 1 is 0.895 bits per heavy atom. The summed E-state index contributed by atoms with van der Waals surface area (Å²) < 4.78 is 0. The van der Waals surface area contributed by atoms with Gasteiger partial charge in [0.05, 0.1) is 0 Å². The molecule has 0 aliphatic carbocycles. The molecular weight excluding hydrogens is 238 g/mol. The van der Waals surface area contributed by atoms with E-state index in [1.165, 1.54) is 18.5 Å². The van der Waals surface area contributed by atoms with Crippen molar-refractivity contribution in [2.45, 2.75) is 25.7 Å². The van der Waals surface area contributed by atoms with Gasteiger partial charge in [-0.3, -0.25) is 0 Å². The Bertz CT molecular complexity index is 431. The van der Waals surface area contributed by atoms with E-state index >= 15 is 0 Å². The molecule has 2 saturated heterocycles. The highest BCUT2D eigenvalue weighted by molar-refractivity contribution is 5.89. The third-order valence-electron chi connectivity index (χ3n) is 3.98. The van der Waals surface area contributed by atoms with E-state index in [4.69, 9.17) is 0 Å². The van der Waals surface area contributed by atoms with E-state index in [0.29, 0.717) is 0 Å². The van der Waals surface area contributed by atoms with Gasteiger partial charge in [0.2, 0.25) is 0 Å². The van der Waals surface area contributed by atoms with Crippen LogP contribution in [0.5, 0.6) is 0 Å². The number of nitrogens with one attached hydrogen (secondary N) is 1. The monoisotopic (exact) mass is 259 g/mol. The molecule has 2 amide bonds. The minimum Gasteiger partial charge on any atom is -0.372 e. The zero-order chi connectivity index (χ0) is 13.1. The highest BCUT2D eigenvalue weighted by Crippen LogP contribution is 2.22. The second kappa shape index (κ2) is 5.51. The fourth-order valence-electron chi connectivity index (χ4n) is 2.85. The van der Waals surface area contributed by atoms with Crippen molar-refractivity contribution in [3.63, 3.8) is 0 Å². The number of benzene rings is 1. The van der Waals surface area contributed by atoms with Gasteiger partial charge < -0.3 is 15.1 Å². The van der Waals surface area contributed by atoms with Crippen molar-refractivity contribution >= 4 is 17.4 Å². The number of hydrogen-bond acceptors (Lipinski definition) is 2. The van der Waals surface area contributed by atoms with E-state index in [1.54, 1.807) is 0 Å². The first-order chi connectivity index (χ1) is 9.33. The van der Waals surface area contributed by atoms with Crippen LogP contribution in [0.25, 0.3) is 0 Å². The van der Waals surface area contributed by atoms with E-state index in [2.05, 4.69) is 22.3 Å². The fraction of sp³-hybridized carbons (Fsp3) is 0.533. The topological polar surface area (TPSA) is 35.6 Å². The van der Waals surface area contributed by atoms with Crippen LogP contribution in [0.2, 0.25) is 0 Å². The van der Waals surface area contributed by atoms with Crippen molar-refractivity contribution in [2.75, 3.05) is 36.4 Å². The molecule has 4 heteroatoms. The van der Waals surface area contributed by atoms with Gasteiger partial charge in [-0.25, -0.2) is 4.79 Å². The maximum absolute atomic E-state index is 12.0. The molecule has 1 aromatic rings. The minimum absolute atomic E-state index is 0.0337. The molecule has 0 radical (unpaired) electrons.